The lowest BCUT2D eigenvalue weighted by molar-refractivity contribution is 0.0599. The minimum Gasteiger partial charge on any atom is -0.465 e. The topological polar surface area (TPSA) is 76.7 Å². The lowest BCUT2D eigenvalue weighted by Crippen LogP contribution is -2.42. The molecule has 1 rings (SSSR count). The summed E-state index contributed by atoms with van der Waals surface area (Å²) >= 11 is 5.20. The standard InChI is InChI=1S/C15H20N2O4S/c1-15(2,3)17-14(22)16-11-7-9(12(18)20-4)6-10(8-11)13(19)21-5/h6-8H,1-5H3,(H2,16,17,22). The van der Waals surface area contributed by atoms with Gasteiger partial charge >= 0.3 is 11.9 Å². The van der Waals surface area contributed by atoms with Crippen molar-refractivity contribution in [1.82, 2.24) is 5.32 Å². The predicted octanol–water partition coefficient (Wildman–Crippen LogP) is 2.34. The summed E-state index contributed by atoms with van der Waals surface area (Å²) < 4.78 is 9.36. The lowest BCUT2D eigenvalue weighted by atomic mass is 10.1. The molecule has 0 heterocycles. The molecule has 0 amide bonds. The Balaban J connectivity index is 3.10. The van der Waals surface area contributed by atoms with Crippen LogP contribution in [0, 0.1) is 0 Å². The molecule has 22 heavy (non-hydrogen) atoms. The summed E-state index contributed by atoms with van der Waals surface area (Å²) in [5.74, 6) is -1.10. The summed E-state index contributed by atoms with van der Waals surface area (Å²) in [5, 5.41) is 6.40. The fraction of sp³-hybridized carbons (Fsp3) is 0.400. The minimum absolute atomic E-state index is 0.213. The number of anilines is 1. The number of rotatable bonds is 3. The van der Waals surface area contributed by atoms with E-state index in [2.05, 4.69) is 20.1 Å². The van der Waals surface area contributed by atoms with Crippen molar-refractivity contribution >= 4 is 35.0 Å². The van der Waals surface area contributed by atoms with E-state index >= 15 is 0 Å². The molecular formula is C15H20N2O4S. The van der Waals surface area contributed by atoms with Gasteiger partial charge in [-0.1, -0.05) is 0 Å². The van der Waals surface area contributed by atoms with Crippen LogP contribution in [-0.2, 0) is 9.47 Å². The van der Waals surface area contributed by atoms with Crippen LogP contribution in [0.1, 0.15) is 41.5 Å². The Kier molecular flexibility index (Phi) is 5.87. The van der Waals surface area contributed by atoms with Gasteiger partial charge in [-0.05, 0) is 51.2 Å². The van der Waals surface area contributed by atoms with E-state index in [9.17, 15) is 9.59 Å². The quantitative estimate of drug-likeness (QED) is 0.653. The van der Waals surface area contributed by atoms with E-state index in [1.165, 1.54) is 20.3 Å². The first-order valence-electron chi connectivity index (χ1n) is 6.57. The van der Waals surface area contributed by atoms with Crippen LogP contribution in [-0.4, -0.2) is 36.8 Å². The summed E-state index contributed by atoms with van der Waals surface area (Å²) in [5.41, 5.74) is 0.734. The molecule has 1 aromatic carbocycles. The first kappa shape index (κ1) is 17.9. The SMILES string of the molecule is COC(=O)c1cc(NC(=S)NC(C)(C)C)cc(C(=O)OC)c1. The third-order valence-corrected chi connectivity index (χ3v) is 2.73. The van der Waals surface area contributed by atoms with Crippen molar-refractivity contribution in [1.29, 1.82) is 0 Å². The number of hydrogen-bond donors (Lipinski definition) is 2. The molecular weight excluding hydrogens is 304 g/mol. The molecule has 0 bridgehead atoms. The van der Waals surface area contributed by atoms with Crippen LogP contribution < -0.4 is 10.6 Å². The maximum absolute atomic E-state index is 11.7. The van der Waals surface area contributed by atoms with Crippen molar-refractivity contribution in [2.24, 2.45) is 0 Å². The molecule has 120 valence electrons. The molecule has 0 aliphatic carbocycles. The summed E-state index contributed by atoms with van der Waals surface area (Å²) in [6, 6.07) is 4.51. The fourth-order valence-corrected chi connectivity index (χ4v) is 2.10. The molecule has 0 aliphatic rings. The van der Waals surface area contributed by atoms with Crippen molar-refractivity contribution in [3.63, 3.8) is 0 Å². The monoisotopic (exact) mass is 324 g/mol. The Hall–Kier alpha value is -2.15. The average Bonchev–Trinajstić information content (AvgIpc) is 2.42. The van der Waals surface area contributed by atoms with Crippen LogP contribution in [0.4, 0.5) is 5.69 Å². The van der Waals surface area contributed by atoms with Gasteiger partial charge in [0.2, 0.25) is 0 Å². The van der Waals surface area contributed by atoms with Crippen molar-refractivity contribution in [2.45, 2.75) is 26.3 Å². The highest BCUT2D eigenvalue weighted by molar-refractivity contribution is 7.80. The van der Waals surface area contributed by atoms with Gasteiger partial charge in [-0.25, -0.2) is 9.59 Å². The number of esters is 2. The minimum atomic E-state index is -0.552. The van der Waals surface area contributed by atoms with Gasteiger partial charge in [0.05, 0.1) is 25.3 Å². The second-order valence-corrected chi connectivity index (χ2v) is 6.02. The highest BCUT2D eigenvalue weighted by Gasteiger charge is 2.16. The Morgan fingerprint density at radius 3 is 1.82 bits per heavy atom. The fourth-order valence-electron chi connectivity index (χ4n) is 1.67. The Morgan fingerprint density at radius 1 is 1.00 bits per heavy atom. The average molecular weight is 324 g/mol. The van der Waals surface area contributed by atoms with E-state index in [1.54, 1.807) is 12.1 Å². The summed E-state index contributed by atoms with van der Waals surface area (Å²) in [6.45, 7) is 5.89. The number of benzene rings is 1. The van der Waals surface area contributed by atoms with Gasteiger partial charge in [0.1, 0.15) is 0 Å². The molecule has 0 aromatic heterocycles. The summed E-state index contributed by atoms with van der Waals surface area (Å²) in [7, 11) is 2.54. The normalized spacial score (nSPS) is 10.6. The number of ether oxygens (including phenoxy) is 2. The third-order valence-electron chi connectivity index (χ3n) is 2.52. The molecule has 0 unspecified atom stereocenters. The lowest BCUT2D eigenvalue weighted by Gasteiger charge is -2.23. The molecule has 0 aliphatic heterocycles. The van der Waals surface area contributed by atoms with Crippen LogP contribution in [0.3, 0.4) is 0 Å². The first-order chi connectivity index (χ1) is 10.2. The van der Waals surface area contributed by atoms with Crippen molar-refractivity contribution in [3.8, 4) is 0 Å². The molecule has 0 saturated carbocycles. The van der Waals surface area contributed by atoms with Crippen LogP contribution in [0.25, 0.3) is 0 Å². The smallest absolute Gasteiger partial charge is 0.337 e. The number of carbonyl (C=O) groups is 2. The van der Waals surface area contributed by atoms with Gasteiger partial charge in [-0.2, -0.15) is 0 Å². The number of methoxy groups -OCH3 is 2. The molecule has 2 N–H and O–H groups in total. The largest absolute Gasteiger partial charge is 0.465 e. The van der Waals surface area contributed by atoms with E-state index in [4.69, 9.17) is 12.2 Å². The number of hydrogen-bond acceptors (Lipinski definition) is 5. The van der Waals surface area contributed by atoms with Crippen molar-refractivity contribution in [3.05, 3.63) is 29.3 Å². The van der Waals surface area contributed by atoms with E-state index in [-0.39, 0.29) is 16.7 Å². The van der Waals surface area contributed by atoms with E-state index in [1.807, 2.05) is 20.8 Å². The van der Waals surface area contributed by atoms with Crippen molar-refractivity contribution in [2.75, 3.05) is 19.5 Å². The number of thiocarbonyl (C=S) groups is 1. The summed E-state index contributed by atoms with van der Waals surface area (Å²) in [4.78, 5) is 23.4. The number of carbonyl (C=O) groups excluding carboxylic acids is 2. The van der Waals surface area contributed by atoms with Gasteiger partial charge < -0.3 is 20.1 Å². The number of nitrogens with one attached hydrogen (secondary N) is 2. The molecule has 6 nitrogen and oxygen atoms in total. The van der Waals surface area contributed by atoms with E-state index in [0.29, 0.717) is 10.8 Å². The van der Waals surface area contributed by atoms with Crippen LogP contribution in [0.2, 0.25) is 0 Å². The highest BCUT2D eigenvalue weighted by Crippen LogP contribution is 2.17. The molecule has 0 atom stereocenters. The molecule has 0 fully saturated rings. The molecule has 7 heteroatoms. The Bertz CT molecular complexity index is 559. The van der Waals surface area contributed by atoms with Gasteiger partial charge in [-0.3, -0.25) is 0 Å². The molecule has 1 aromatic rings. The zero-order valence-corrected chi connectivity index (χ0v) is 14.1. The second kappa shape index (κ2) is 7.22. The van der Waals surface area contributed by atoms with Crippen molar-refractivity contribution < 1.29 is 19.1 Å². The van der Waals surface area contributed by atoms with E-state index < -0.39 is 11.9 Å². The first-order valence-corrected chi connectivity index (χ1v) is 6.98. The zero-order valence-electron chi connectivity index (χ0n) is 13.3. The van der Waals surface area contributed by atoms with Crippen LogP contribution in [0.5, 0.6) is 0 Å². The van der Waals surface area contributed by atoms with Gasteiger partial charge in [0.15, 0.2) is 5.11 Å². The summed E-state index contributed by atoms with van der Waals surface area (Å²) in [6.07, 6.45) is 0. The van der Waals surface area contributed by atoms with Crippen LogP contribution >= 0.6 is 12.2 Å². The predicted molar refractivity (Wildman–Crippen MR) is 88.2 cm³/mol. The van der Waals surface area contributed by atoms with Gasteiger partial charge in [-0.15, -0.1) is 0 Å². The van der Waals surface area contributed by atoms with E-state index in [0.717, 1.165) is 0 Å². The Morgan fingerprint density at radius 2 is 1.45 bits per heavy atom. The molecule has 0 spiro atoms. The maximum Gasteiger partial charge on any atom is 0.337 e. The molecule has 0 radical (unpaired) electrons. The zero-order chi connectivity index (χ0) is 16.9. The third kappa shape index (κ3) is 5.33. The highest BCUT2D eigenvalue weighted by atomic mass is 32.1. The molecule has 0 saturated heterocycles. The second-order valence-electron chi connectivity index (χ2n) is 5.61. The Labute approximate surface area is 135 Å². The van der Waals surface area contributed by atoms with Gasteiger partial charge in [0.25, 0.3) is 0 Å². The van der Waals surface area contributed by atoms with Crippen LogP contribution in [0.15, 0.2) is 18.2 Å². The maximum atomic E-state index is 11.7. The van der Waals surface area contributed by atoms with Gasteiger partial charge in [0, 0.05) is 11.2 Å².